The molecule has 2 rings (SSSR count). The minimum atomic E-state index is 0.00831. The van der Waals surface area contributed by atoms with Crippen molar-refractivity contribution in [1.29, 1.82) is 5.41 Å². The highest BCUT2D eigenvalue weighted by atomic mass is 32.1. The van der Waals surface area contributed by atoms with Crippen molar-refractivity contribution >= 4 is 17.2 Å². The molecule has 4 nitrogen and oxygen atoms in total. The summed E-state index contributed by atoms with van der Waals surface area (Å²) in [6.45, 7) is 0. The van der Waals surface area contributed by atoms with Gasteiger partial charge in [0.1, 0.15) is 5.84 Å². The van der Waals surface area contributed by atoms with Crippen molar-refractivity contribution in [2.75, 3.05) is 0 Å². The Morgan fingerprint density at radius 1 is 1.62 bits per heavy atom. The van der Waals surface area contributed by atoms with E-state index < -0.39 is 0 Å². The standard InChI is InChI=1S/C8H8N4S/c9-8(10)7-3-6(11-12-7)5-1-2-13-4-5/h1-4H,(H3,9,10)(H,11,12). The summed E-state index contributed by atoms with van der Waals surface area (Å²) < 4.78 is 0. The number of hydrogen-bond acceptors (Lipinski definition) is 3. The van der Waals surface area contributed by atoms with Crippen molar-refractivity contribution in [2.45, 2.75) is 0 Å². The number of aromatic nitrogens is 2. The van der Waals surface area contributed by atoms with Gasteiger partial charge in [-0.05, 0) is 17.5 Å². The van der Waals surface area contributed by atoms with Gasteiger partial charge in [0.15, 0.2) is 0 Å². The van der Waals surface area contributed by atoms with E-state index in [1.807, 2.05) is 16.8 Å². The van der Waals surface area contributed by atoms with E-state index in [4.69, 9.17) is 11.1 Å². The number of amidine groups is 1. The van der Waals surface area contributed by atoms with Crippen molar-refractivity contribution in [3.8, 4) is 11.3 Å². The molecule has 0 saturated heterocycles. The summed E-state index contributed by atoms with van der Waals surface area (Å²) in [5, 5.41) is 17.9. The van der Waals surface area contributed by atoms with Crippen LogP contribution in [0.4, 0.5) is 0 Å². The van der Waals surface area contributed by atoms with Crippen LogP contribution in [0.2, 0.25) is 0 Å². The molecule has 5 heteroatoms. The van der Waals surface area contributed by atoms with Gasteiger partial charge in [0.2, 0.25) is 0 Å². The third-order valence-corrected chi connectivity index (χ3v) is 2.37. The van der Waals surface area contributed by atoms with Gasteiger partial charge in [0.05, 0.1) is 11.4 Å². The van der Waals surface area contributed by atoms with Gasteiger partial charge in [0, 0.05) is 10.9 Å². The van der Waals surface area contributed by atoms with Crippen molar-refractivity contribution < 1.29 is 0 Å². The molecule has 66 valence electrons. The van der Waals surface area contributed by atoms with Crippen LogP contribution in [0.5, 0.6) is 0 Å². The molecular formula is C8H8N4S. The van der Waals surface area contributed by atoms with Gasteiger partial charge in [-0.3, -0.25) is 10.5 Å². The summed E-state index contributed by atoms with van der Waals surface area (Å²) in [7, 11) is 0. The van der Waals surface area contributed by atoms with Crippen LogP contribution in [-0.2, 0) is 0 Å². The van der Waals surface area contributed by atoms with Crippen LogP contribution < -0.4 is 5.73 Å². The Balaban J connectivity index is 2.39. The second-order valence-corrected chi connectivity index (χ2v) is 3.37. The molecule has 4 N–H and O–H groups in total. The molecule has 0 amide bonds. The van der Waals surface area contributed by atoms with Crippen LogP contribution in [-0.4, -0.2) is 16.0 Å². The summed E-state index contributed by atoms with van der Waals surface area (Å²) >= 11 is 1.61. The first-order valence-electron chi connectivity index (χ1n) is 3.70. The Hall–Kier alpha value is -1.62. The van der Waals surface area contributed by atoms with Gasteiger partial charge in [-0.15, -0.1) is 0 Å². The molecule has 13 heavy (non-hydrogen) atoms. The molecule has 0 spiro atoms. The highest BCUT2D eigenvalue weighted by molar-refractivity contribution is 7.08. The number of nitrogens with zero attached hydrogens (tertiary/aromatic N) is 1. The Kier molecular flexibility index (Phi) is 1.86. The molecule has 0 aliphatic carbocycles. The monoisotopic (exact) mass is 192 g/mol. The van der Waals surface area contributed by atoms with Gasteiger partial charge in [-0.1, -0.05) is 0 Å². The molecule has 0 aliphatic heterocycles. The maximum absolute atomic E-state index is 7.18. The maximum Gasteiger partial charge on any atom is 0.141 e. The summed E-state index contributed by atoms with van der Waals surface area (Å²) in [4.78, 5) is 0. The molecule has 0 aromatic carbocycles. The first-order valence-corrected chi connectivity index (χ1v) is 4.64. The fraction of sp³-hybridized carbons (Fsp3) is 0. The van der Waals surface area contributed by atoms with Crippen LogP contribution in [0.3, 0.4) is 0 Å². The number of rotatable bonds is 2. The third kappa shape index (κ3) is 1.46. The van der Waals surface area contributed by atoms with E-state index in [2.05, 4.69) is 10.2 Å². The second-order valence-electron chi connectivity index (χ2n) is 2.59. The predicted octanol–water partition coefficient (Wildman–Crippen LogP) is 1.42. The normalized spacial score (nSPS) is 10.2. The Morgan fingerprint density at radius 2 is 2.46 bits per heavy atom. The lowest BCUT2D eigenvalue weighted by Gasteiger charge is -1.87. The predicted molar refractivity (Wildman–Crippen MR) is 52.9 cm³/mol. The molecule has 0 unspecified atom stereocenters. The maximum atomic E-state index is 7.18. The molecule has 0 atom stereocenters. The molecular weight excluding hydrogens is 184 g/mol. The third-order valence-electron chi connectivity index (χ3n) is 1.68. The second kappa shape index (κ2) is 3.02. The van der Waals surface area contributed by atoms with Crippen LogP contribution in [0.25, 0.3) is 11.3 Å². The summed E-state index contributed by atoms with van der Waals surface area (Å²) in [5.74, 6) is 0.00831. The number of hydrogen-bond donors (Lipinski definition) is 3. The largest absolute Gasteiger partial charge is 0.382 e. The van der Waals surface area contributed by atoms with Crippen molar-refractivity contribution in [2.24, 2.45) is 5.73 Å². The van der Waals surface area contributed by atoms with E-state index in [-0.39, 0.29) is 5.84 Å². The van der Waals surface area contributed by atoms with Gasteiger partial charge < -0.3 is 5.73 Å². The highest BCUT2D eigenvalue weighted by Gasteiger charge is 2.04. The molecule has 0 saturated carbocycles. The lowest BCUT2D eigenvalue weighted by Crippen LogP contribution is -2.11. The van der Waals surface area contributed by atoms with E-state index in [0.717, 1.165) is 11.3 Å². The Bertz CT molecular complexity index is 415. The fourth-order valence-corrected chi connectivity index (χ4v) is 1.67. The molecule has 0 fully saturated rings. The van der Waals surface area contributed by atoms with E-state index in [9.17, 15) is 0 Å². The number of nitrogen functional groups attached to an aromatic ring is 1. The lowest BCUT2D eigenvalue weighted by atomic mass is 10.2. The number of nitrogens with one attached hydrogen (secondary N) is 2. The van der Waals surface area contributed by atoms with E-state index in [0.29, 0.717) is 5.69 Å². The first-order chi connectivity index (χ1) is 6.27. The van der Waals surface area contributed by atoms with E-state index in [1.165, 1.54) is 0 Å². The summed E-state index contributed by atoms with van der Waals surface area (Å²) in [5.41, 5.74) is 7.73. The number of H-pyrrole nitrogens is 1. The zero-order valence-corrected chi connectivity index (χ0v) is 7.56. The van der Waals surface area contributed by atoms with Crippen LogP contribution in [0, 0.1) is 5.41 Å². The Labute approximate surface area is 78.9 Å². The Morgan fingerprint density at radius 3 is 3.00 bits per heavy atom. The van der Waals surface area contributed by atoms with Gasteiger partial charge in [-0.2, -0.15) is 16.4 Å². The molecule has 2 heterocycles. The lowest BCUT2D eigenvalue weighted by molar-refractivity contribution is 1.08. The van der Waals surface area contributed by atoms with Crippen LogP contribution in [0.1, 0.15) is 5.69 Å². The smallest absolute Gasteiger partial charge is 0.141 e. The molecule has 0 aliphatic rings. The molecule has 0 bridgehead atoms. The molecule has 2 aromatic rings. The van der Waals surface area contributed by atoms with Crippen molar-refractivity contribution in [3.63, 3.8) is 0 Å². The number of nitrogens with two attached hydrogens (primary N) is 1. The number of thiophene rings is 1. The summed E-state index contributed by atoms with van der Waals surface area (Å²) in [6, 6.07) is 3.75. The molecule has 2 aromatic heterocycles. The first kappa shape index (κ1) is 8.00. The fourth-order valence-electron chi connectivity index (χ4n) is 1.02. The average Bonchev–Trinajstić information content (AvgIpc) is 2.75. The van der Waals surface area contributed by atoms with Crippen molar-refractivity contribution in [1.82, 2.24) is 10.2 Å². The van der Waals surface area contributed by atoms with Crippen molar-refractivity contribution in [3.05, 3.63) is 28.6 Å². The average molecular weight is 192 g/mol. The minimum absolute atomic E-state index is 0.00831. The van der Waals surface area contributed by atoms with Gasteiger partial charge in [0.25, 0.3) is 0 Å². The number of aromatic amines is 1. The van der Waals surface area contributed by atoms with Gasteiger partial charge >= 0.3 is 0 Å². The molecule has 0 radical (unpaired) electrons. The minimum Gasteiger partial charge on any atom is -0.382 e. The van der Waals surface area contributed by atoms with Gasteiger partial charge in [-0.25, -0.2) is 0 Å². The van der Waals surface area contributed by atoms with Crippen LogP contribution >= 0.6 is 11.3 Å². The zero-order chi connectivity index (χ0) is 9.26. The van der Waals surface area contributed by atoms with E-state index in [1.54, 1.807) is 17.4 Å². The quantitative estimate of drug-likeness (QED) is 0.497. The topological polar surface area (TPSA) is 78.6 Å². The summed E-state index contributed by atoms with van der Waals surface area (Å²) in [6.07, 6.45) is 0. The highest BCUT2D eigenvalue weighted by Crippen LogP contribution is 2.19. The van der Waals surface area contributed by atoms with Crippen LogP contribution in [0.15, 0.2) is 22.9 Å². The van der Waals surface area contributed by atoms with E-state index >= 15 is 0 Å². The SMILES string of the molecule is N=C(N)c1cc(-c2ccsc2)n[nH]1. The zero-order valence-electron chi connectivity index (χ0n) is 6.74.